The molecule has 0 aliphatic rings. The molecule has 0 atom stereocenters. The van der Waals surface area contributed by atoms with E-state index in [0.29, 0.717) is 17.4 Å². The Morgan fingerprint density at radius 3 is 1.93 bits per heavy atom. The molecule has 8 heteroatoms. The van der Waals surface area contributed by atoms with Crippen LogP contribution in [0.25, 0.3) is 0 Å². The van der Waals surface area contributed by atoms with E-state index in [1.165, 1.54) is 6.07 Å². The molecule has 0 N–H and O–H groups in total. The number of aliphatic imine (C=N–C) groups is 1. The topological polar surface area (TPSA) is 21.6 Å². The second-order valence-electron chi connectivity index (χ2n) is 8.88. The molecule has 2 rings (SSSR count). The van der Waals surface area contributed by atoms with Gasteiger partial charge in [0.2, 0.25) is 0 Å². The van der Waals surface area contributed by atoms with Gasteiger partial charge in [0.15, 0.2) is 0 Å². The maximum atomic E-state index is 13.4. The smallest absolute Gasteiger partial charge is 0.312 e. The summed E-state index contributed by atoms with van der Waals surface area (Å²) in [6.45, 7) is 11.5. The first kappa shape index (κ1) is 23.2. The Kier molecular flexibility index (Phi) is 5.16. The SMILES string of the molecule is CC(C)(C)Oc1c(C=Nc2ccccc2S(F)(F)(F)(F)F)cccc1C(C)(C)C. The van der Waals surface area contributed by atoms with Crippen LogP contribution in [0.5, 0.6) is 5.75 Å². The highest BCUT2D eigenvalue weighted by Crippen LogP contribution is 3.03. The molecule has 0 heterocycles. The summed E-state index contributed by atoms with van der Waals surface area (Å²) in [5.74, 6) is 0.459. The Morgan fingerprint density at radius 2 is 1.41 bits per heavy atom. The molecule has 2 nitrogen and oxygen atoms in total. The molecule has 2 aromatic carbocycles. The monoisotopic (exact) mass is 435 g/mol. The van der Waals surface area contributed by atoms with Crippen LogP contribution in [0.4, 0.5) is 25.1 Å². The molecule has 0 radical (unpaired) electrons. The molecule has 0 saturated heterocycles. The van der Waals surface area contributed by atoms with Crippen molar-refractivity contribution in [1.82, 2.24) is 0 Å². The molecule has 0 saturated carbocycles. The number of halogens is 5. The third kappa shape index (κ3) is 6.19. The average molecular weight is 436 g/mol. The lowest BCUT2D eigenvalue weighted by molar-refractivity contribution is 0.127. The molecular weight excluding hydrogens is 409 g/mol. The van der Waals surface area contributed by atoms with Gasteiger partial charge in [-0.1, -0.05) is 64.5 Å². The minimum absolute atomic E-state index is 0.313. The van der Waals surface area contributed by atoms with E-state index in [4.69, 9.17) is 4.74 Å². The van der Waals surface area contributed by atoms with Gasteiger partial charge in [-0.2, -0.15) is 0 Å². The van der Waals surface area contributed by atoms with Crippen molar-refractivity contribution in [1.29, 1.82) is 0 Å². The first-order valence-corrected chi connectivity index (χ1v) is 10.9. The number of hydrogen-bond donors (Lipinski definition) is 0. The van der Waals surface area contributed by atoms with Crippen molar-refractivity contribution in [3.63, 3.8) is 0 Å². The highest BCUT2D eigenvalue weighted by molar-refractivity contribution is 8.45. The van der Waals surface area contributed by atoms with Gasteiger partial charge in [-0.05, 0) is 44.4 Å². The van der Waals surface area contributed by atoms with Gasteiger partial charge in [-0.3, -0.25) is 4.99 Å². The van der Waals surface area contributed by atoms with E-state index in [9.17, 15) is 19.4 Å². The van der Waals surface area contributed by atoms with E-state index >= 15 is 0 Å². The molecule has 29 heavy (non-hydrogen) atoms. The van der Waals surface area contributed by atoms with Gasteiger partial charge in [-0.25, -0.2) is 0 Å². The van der Waals surface area contributed by atoms with Crippen LogP contribution < -0.4 is 4.74 Å². The summed E-state index contributed by atoms with van der Waals surface area (Å²) in [7, 11) is -9.87. The zero-order chi connectivity index (χ0) is 22.4. The lowest BCUT2D eigenvalue weighted by Gasteiger charge is -2.41. The lowest BCUT2D eigenvalue weighted by Crippen LogP contribution is -2.26. The Hall–Kier alpha value is -2.09. The van der Waals surface area contributed by atoms with Crippen LogP contribution in [0.3, 0.4) is 0 Å². The summed E-state index contributed by atoms with van der Waals surface area (Å²) < 4.78 is 72.8. The first-order valence-electron chi connectivity index (χ1n) is 8.98. The van der Waals surface area contributed by atoms with Crippen LogP contribution in [0, 0.1) is 0 Å². The summed E-state index contributed by atoms with van der Waals surface area (Å²) in [5, 5.41) is 0. The number of ether oxygens (including phenoxy) is 1. The van der Waals surface area contributed by atoms with Crippen molar-refractivity contribution in [2.24, 2.45) is 4.99 Å². The van der Waals surface area contributed by atoms with Gasteiger partial charge in [0.05, 0.1) is 5.69 Å². The predicted molar refractivity (Wildman–Crippen MR) is 111 cm³/mol. The molecule has 162 valence electrons. The lowest BCUT2D eigenvalue weighted by atomic mass is 9.85. The van der Waals surface area contributed by atoms with Gasteiger partial charge in [-0.15, -0.1) is 0 Å². The molecule has 0 unspecified atom stereocenters. The maximum absolute atomic E-state index is 13.4. The van der Waals surface area contributed by atoms with E-state index in [1.54, 1.807) is 12.1 Å². The first-order chi connectivity index (χ1) is 12.8. The third-order valence-electron chi connectivity index (χ3n) is 3.89. The highest BCUT2D eigenvalue weighted by atomic mass is 32.5. The third-order valence-corrected chi connectivity index (χ3v) is 5.06. The van der Waals surface area contributed by atoms with Crippen LogP contribution in [-0.4, -0.2) is 11.8 Å². The molecule has 0 spiro atoms. The number of para-hydroxylation sites is 2. The van der Waals surface area contributed by atoms with Gasteiger partial charge in [0.25, 0.3) is 0 Å². The van der Waals surface area contributed by atoms with Gasteiger partial charge >= 0.3 is 10.2 Å². The van der Waals surface area contributed by atoms with Crippen LogP contribution in [0.1, 0.15) is 52.7 Å². The molecule has 0 amide bonds. The zero-order valence-electron chi connectivity index (χ0n) is 17.3. The molecule has 0 fully saturated rings. The summed E-state index contributed by atoms with van der Waals surface area (Å²) in [6.07, 6.45) is 1.14. The van der Waals surface area contributed by atoms with Crippen LogP contribution >= 0.6 is 10.2 Å². The fourth-order valence-electron chi connectivity index (χ4n) is 2.70. The van der Waals surface area contributed by atoms with Gasteiger partial charge in [0, 0.05) is 17.3 Å². The molecule has 2 aromatic rings. The molecule has 0 aliphatic carbocycles. The van der Waals surface area contributed by atoms with E-state index < -0.39 is 26.4 Å². The standard InChI is InChI=1S/C21H26F5NOS/c1-20(2,3)16-11-9-10-15(19(16)28-21(4,5)6)14-27-17-12-7-8-13-18(17)29(22,23,24,25)26/h7-14H,1-6H3. The summed E-state index contributed by atoms with van der Waals surface area (Å²) in [4.78, 5) is 1.77. The van der Waals surface area contributed by atoms with Crippen molar-refractivity contribution in [2.45, 2.75) is 57.5 Å². The molecule has 0 aliphatic heterocycles. The second-order valence-corrected chi connectivity index (χ2v) is 11.3. The zero-order valence-corrected chi connectivity index (χ0v) is 18.1. The quantitative estimate of drug-likeness (QED) is 0.348. The Bertz CT molecular complexity index is 939. The molecule has 0 aromatic heterocycles. The number of hydrogen-bond acceptors (Lipinski definition) is 2. The largest absolute Gasteiger partial charge is 0.487 e. The number of nitrogens with zero attached hydrogens (tertiary/aromatic N) is 1. The summed E-state index contributed by atoms with van der Waals surface area (Å²) in [6, 6.07) is 8.64. The highest BCUT2D eigenvalue weighted by Gasteiger charge is 2.66. The van der Waals surface area contributed by atoms with E-state index in [1.807, 2.05) is 47.6 Å². The number of rotatable bonds is 4. The van der Waals surface area contributed by atoms with Crippen molar-refractivity contribution < 1.29 is 24.2 Å². The molecule has 0 bridgehead atoms. The Labute approximate surface area is 168 Å². The van der Waals surface area contributed by atoms with Gasteiger partial charge in [0.1, 0.15) is 16.2 Å². The minimum atomic E-state index is -9.87. The van der Waals surface area contributed by atoms with Crippen LogP contribution in [0.15, 0.2) is 52.4 Å². The van der Waals surface area contributed by atoms with Crippen molar-refractivity contribution in [3.05, 3.63) is 53.6 Å². The van der Waals surface area contributed by atoms with Crippen molar-refractivity contribution >= 4 is 22.1 Å². The average Bonchev–Trinajstić information content (AvgIpc) is 2.49. The fourth-order valence-corrected chi connectivity index (χ4v) is 3.55. The fraction of sp³-hybridized carbons (Fsp3) is 0.381. The summed E-state index contributed by atoms with van der Waals surface area (Å²) >= 11 is 0. The maximum Gasteiger partial charge on any atom is 0.312 e. The van der Waals surface area contributed by atoms with E-state index in [0.717, 1.165) is 23.9 Å². The molecular formula is C21H26F5NOS. The van der Waals surface area contributed by atoms with Crippen molar-refractivity contribution in [2.75, 3.05) is 0 Å². The van der Waals surface area contributed by atoms with Crippen LogP contribution in [-0.2, 0) is 5.41 Å². The summed E-state index contributed by atoms with van der Waals surface area (Å²) in [5.41, 5.74) is -0.492. The Morgan fingerprint density at radius 1 is 0.828 bits per heavy atom. The second kappa shape index (κ2) is 6.45. The van der Waals surface area contributed by atoms with E-state index in [-0.39, 0.29) is 5.41 Å². The minimum Gasteiger partial charge on any atom is -0.487 e. The Balaban J connectivity index is 2.64. The van der Waals surface area contributed by atoms with Gasteiger partial charge < -0.3 is 4.74 Å². The number of benzene rings is 2. The van der Waals surface area contributed by atoms with Crippen molar-refractivity contribution in [3.8, 4) is 5.75 Å². The normalized spacial score (nSPS) is 15.8. The van der Waals surface area contributed by atoms with E-state index in [2.05, 4.69) is 4.99 Å². The predicted octanol–water partition coefficient (Wildman–Crippen LogP) is 8.57. The van der Waals surface area contributed by atoms with Crippen LogP contribution in [0.2, 0.25) is 0 Å².